The van der Waals surface area contributed by atoms with Crippen molar-refractivity contribution in [3.63, 3.8) is 0 Å². The highest BCUT2D eigenvalue weighted by Crippen LogP contribution is 2.24. The van der Waals surface area contributed by atoms with E-state index in [1.54, 1.807) is 0 Å². The SMILES string of the molecule is CC(CCN)CNC1CCC(C)C1. The van der Waals surface area contributed by atoms with Crippen LogP contribution in [0.1, 0.15) is 39.5 Å². The zero-order chi connectivity index (χ0) is 9.68. The van der Waals surface area contributed by atoms with E-state index in [4.69, 9.17) is 5.73 Å². The number of rotatable bonds is 5. The normalized spacial score (nSPS) is 30.7. The molecule has 0 aromatic heterocycles. The highest BCUT2D eigenvalue weighted by atomic mass is 14.9. The van der Waals surface area contributed by atoms with E-state index in [0.717, 1.165) is 37.4 Å². The summed E-state index contributed by atoms with van der Waals surface area (Å²) in [6, 6.07) is 0.787. The van der Waals surface area contributed by atoms with Gasteiger partial charge in [-0.1, -0.05) is 13.8 Å². The van der Waals surface area contributed by atoms with E-state index in [1.807, 2.05) is 0 Å². The number of nitrogens with one attached hydrogen (secondary N) is 1. The molecule has 0 amide bonds. The third kappa shape index (κ3) is 4.10. The van der Waals surface area contributed by atoms with Crippen molar-refractivity contribution in [1.29, 1.82) is 0 Å². The number of nitrogens with two attached hydrogens (primary N) is 1. The van der Waals surface area contributed by atoms with Crippen LogP contribution >= 0.6 is 0 Å². The van der Waals surface area contributed by atoms with Gasteiger partial charge in [0, 0.05) is 6.04 Å². The molecular weight excluding hydrogens is 160 g/mol. The first-order valence-electron chi connectivity index (χ1n) is 5.65. The predicted molar refractivity (Wildman–Crippen MR) is 57.6 cm³/mol. The molecule has 0 aromatic rings. The average Bonchev–Trinajstić information content (AvgIpc) is 2.49. The van der Waals surface area contributed by atoms with E-state index in [9.17, 15) is 0 Å². The Hall–Kier alpha value is -0.0800. The molecule has 0 spiro atoms. The quantitative estimate of drug-likeness (QED) is 0.683. The van der Waals surface area contributed by atoms with Gasteiger partial charge in [0.15, 0.2) is 0 Å². The van der Waals surface area contributed by atoms with Gasteiger partial charge >= 0.3 is 0 Å². The summed E-state index contributed by atoms with van der Waals surface area (Å²) in [4.78, 5) is 0. The van der Waals surface area contributed by atoms with Crippen LogP contribution in [0.15, 0.2) is 0 Å². The van der Waals surface area contributed by atoms with E-state index in [1.165, 1.54) is 19.3 Å². The van der Waals surface area contributed by atoms with Gasteiger partial charge < -0.3 is 11.1 Å². The second-order valence-electron chi connectivity index (χ2n) is 4.71. The molecule has 1 fully saturated rings. The minimum absolute atomic E-state index is 0.737. The smallest absolute Gasteiger partial charge is 0.00698 e. The summed E-state index contributed by atoms with van der Waals surface area (Å²) >= 11 is 0. The summed E-state index contributed by atoms with van der Waals surface area (Å²) in [5.41, 5.74) is 5.51. The molecule has 2 heteroatoms. The molecule has 3 atom stereocenters. The van der Waals surface area contributed by atoms with Crippen LogP contribution in [-0.2, 0) is 0 Å². The van der Waals surface area contributed by atoms with Crippen molar-refractivity contribution in [3.8, 4) is 0 Å². The van der Waals surface area contributed by atoms with Crippen LogP contribution in [0.25, 0.3) is 0 Å². The van der Waals surface area contributed by atoms with Crippen LogP contribution in [0.2, 0.25) is 0 Å². The fourth-order valence-electron chi connectivity index (χ4n) is 2.15. The van der Waals surface area contributed by atoms with Gasteiger partial charge in [-0.15, -0.1) is 0 Å². The van der Waals surface area contributed by atoms with Crippen molar-refractivity contribution < 1.29 is 0 Å². The van der Waals surface area contributed by atoms with Crippen LogP contribution < -0.4 is 11.1 Å². The Morgan fingerprint density at radius 3 is 2.77 bits per heavy atom. The zero-order valence-electron chi connectivity index (χ0n) is 9.05. The third-order valence-corrected chi connectivity index (χ3v) is 3.11. The summed E-state index contributed by atoms with van der Waals surface area (Å²) < 4.78 is 0. The summed E-state index contributed by atoms with van der Waals surface area (Å²) in [7, 11) is 0. The van der Waals surface area contributed by atoms with Crippen LogP contribution in [0, 0.1) is 11.8 Å². The molecule has 1 saturated carbocycles. The van der Waals surface area contributed by atoms with Gasteiger partial charge in [-0.25, -0.2) is 0 Å². The fourth-order valence-corrected chi connectivity index (χ4v) is 2.15. The molecule has 0 heterocycles. The van der Waals surface area contributed by atoms with Crippen LogP contribution in [0.4, 0.5) is 0 Å². The van der Waals surface area contributed by atoms with Gasteiger partial charge in [0.1, 0.15) is 0 Å². The third-order valence-electron chi connectivity index (χ3n) is 3.11. The van der Waals surface area contributed by atoms with Crippen LogP contribution in [-0.4, -0.2) is 19.1 Å². The molecule has 0 aromatic carbocycles. The lowest BCUT2D eigenvalue weighted by Crippen LogP contribution is -2.31. The standard InChI is InChI=1S/C11H24N2/c1-9-3-4-11(7-9)13-8-10(2)5-6-12/h9-11,13H,3-8,12H2,1-2H3. The molecule has 0 saturated heterocycles. The van der Waals surface area contributed by atoms with Gasteiger partial charge in [0.05, 0.1) is 0 Å². The molecule has 0 aliphatic heterocycles. The fraction of sp³-hybridized carbons (Fsp3) is 1.00. The molecule has 0 bridgehead atoms. The van der Waals surface area contributed by atoms with Crippen molar-refractivity contribution in [3.05, 3.63) is 0 Å². The van der Waals surface area contributed by atoms with E-state index in [0.29, 0.717) is 0 Å². The largest absolute Gasteiger partial charge is 0.330 e. The lowest BCUT2D eigenvalue weighted by Gasteiger charge is -2.16. The molecule has 13 heavy (non-hydrogen) atoms. The van der Waals surface area contributed by atoms with Crippen molar-refractivity contribution in [2.75, 3.05) is 13.1 Å². The second-order valence-corrected chi connectivity index (χ2v) is 4.71. The van der Waals surface area contributed by atoms with Crippen molar-refractivity contribution in [2.24, 2.45) is 17.6 Å². The van der Waals surface area contributed by atoms with Crippen molar-refractivity contribution in [2.45, 2.75) is 45.6 Å². The molecule has 0 radical (unpaired) electrons. The Balaban J connectivity index is 2.05. The Morgan fingerprint density at radius 2 is 2.23 bits per heavy atom. The predicted octanol–water partition coefficient (Wildman–Crippen LogP) is 1.75. The molecule has 1 aliphatic carbocycles. The van der Waals surface area contributed by atoms with Gasteiger partial charge in [0.2, 0.25) is 0 Å². The highest BCUT2D eigenvalue weighted by molar-refractivity contribution is 4.78. The molecule has 3 N–H and O–H groups in total. The second kappa shape index (κ2) is 5.61. The van der Waals surface area contributed by atoms with Crippen molar-refractivity contribution >= 4 is 0 Å². The van der Waals surface area contributed by atoms with Crippen LogP contribution in [0.3, 0.4) is 0 Å². The molecule has 1 aliphatic rings. The Labute approximate surface area is 82.3 Å². The first-order chi connectivity index (χ1) is 6.22. The number of hydrogen-bond donors (Lipinski definition) is 2. The van der Waals surface area contributed by atoms with Gasteiger partial charge in [-0.3, -0.25) is 0 Å². The Bertz CT molecular complexity index is 136. The monoisotopic (exact) mass is 184 g/mol. The van der Waals surface area contributed by atoms with Gasteiger partial charge in [-0.2, -0.15) is 0 Å². The first kappa shape index (κ1) is 11.0. The minimum Gasteiger partial charge on any atom is -0.330 e. The minimum atomic E-state index is 0.737. The Morgan fingerprint density at radius 1 is 1.46 bits per heavy atom. The average molecular weight is 184 g/mol. The maximum atomic E-state index is 5.51. The van der Waals surface area contributed by atoms with Gasteiger partial charge in [0.25, 0.3) is 0 Å². The lowest BCUT2D eigenvalue weighted by atomic mass is 10.1. The van der Waals surface area contributed by atoms with E-state index in [-0.39, 0.29) is 0 Å². The first-order valence-corrected chi connectivity index (χ1v) is 5.65. The van der Waals surface area contributed by atoms with Crippen LogP contribution in [0.5, 0.6) is 0 Å². The maximum Gasteiger partial charge on any atom is 0.00698 e. The highest BCUT2D eigenvalue weighted by Gasteiger charge is 2.20. The number of hydrogen-bond acceptors (Lipinski definition) is 2. The lowest BCUT2D eigenvalue weighted by molar-refractivity contribution is 0.427. The molecule has 3 unspecified atom stereocenters. The van der Waals surface area contributed by atoms with Crippen molar-refractivity contribution in [1.82, 2.24) is 5.32 Å². The zero-order valence-corrected chi connectivity index (χ0v) is 9.05. The van der Waals surface area contributed by atoms with E-state index >= 15 is 0 Å². The molecule has 1 rings (SSSR count). The Kier molecular flexibility index (Phi) is 4.74. The molecular formula is C11H24N2. The summed E-state index contributed by atoms with van der Waals surface area (Å²) in [5.74, 6) is 1.67. The maximum absolute atomic E-state index is 5.51. The van der Waals surface area contributed by atoms with E-state index in [2.05, 4.69) is 19.2 Å². The van der Waals surface area contributed by atoms with E-state index < -0.39 is 0 Å². The molecule has 78 valence electrons. The summed E-state index contributed by atoms with van der Waals surface area (Å²) in [5, 5.41) is 3.64. The summed E-state index contributed by atoms with van der Waals surface area (Å²) in [6.07, 6.45) is 5.30. The molecule has 2 nitrogen and oxygen atoms in total. The summed E-state index contributed by atoms with van der Waals surface area (Å²) in [6.45, 7) is 6.60. The van der Waals surface area contributed by atoms with Gasteiger partial charge in [-0.05, 0) is 50.6 Å². The topological polar surface area (TPSA) is 38.0 Å².